The van der Waals surface area contributed by atoms with E-state index in [0.29, 0.717) is 59.3 Å². The van der Waals surface area contributed by atoms with Gasteiger partial charge in [0.25, 0.3) is 0 Å². The molecule has 4 aromatic carbocycles. The van der Waals surface area contributed by atoms with E-state index in [1.54, 1.807) is 30.3 Å². The standard InChI is InChI=1S/C60H74N14O11/c61-24-6-4-10-45-53(78)69-48(27-37-12-18-42(75)19-13-37)55(80)71-50(29-39-16-22-44(77)23-17-39)57(82)72-49(28-38-14-20-43(76)21-15-38)56(81)70-47(26-36-8-2-1-3-9-36)58(83)74-52(31-41-33-64-35-66-41)60(85)68-46(11-5-7-25-62)54(79)73-51(59(84)67-45)30-40-32-63-34-65-40/h1-3,8-9,12-23,32-35,45-52,75-77H,4-7,10-11,24-31,61-62H2,(H,63,65)(H,64,66)(H,67,84)(H,68,85)(H,69,78)(H,70,81)(H,71,80)(H,72,82)(H,73,79)(H,74,83)/t45-,46-,47-,48-,49-,50-,51-,52-/m0/s1. The summed E-state index contributed by atoms with van der Waals surface area (Å²) in [4.78, 5) is 133. The molecule has 0 bridgehead atoms. The molecule has 6 aromatic rings. The van der Waals surface area contributed by atoms with Crippen LogP contribution in [-0.4, -0.2) is 144 Å². The van der Waals surface area contributed by atoms with Crippen LogP contribution in [0, 0.1) is 0 Å². The molecule has 25 heteroatoms. The number of unbranched alkanes of at least 4 members (excludes halogenated alkanes) is 2. The van der Waals surface area contributed by atoms with E-state index in [1.807, 2.05) is 0 Å². The van der Waals surface area contributed by atoms with Gasteiger partial charge in [0, 0.05) is 62.3 Å². The molecule has 7 rings (SSSR count). The predicted molar refractivity (Wildman–Crippen MR) is 311 cm³/mol. The number of hydrogen-bond donors (Lipinski definition) is 15. The van der Waals surface area contributed by atoms with Gasteiger partial charge in [-0.1, -0.05) is 66.7 Å². The van der Waals surface area contributed by atoms with E-state index in [4.69, 9.17) is 11.5 Å². The Morgan fingerprint density at radius 2 is 0.588 bits per heavy atom. The number of aromatic hydroxyl groups is 3. The minimum atomic E-state index is -1.51. The van der Waals surface area contributed by atoms with E-state index in [1.165, 1.54) is 97.8 Å². The number of hydrogen-bond acceptors (Lipinski definition) is 15. The fraction of sp³-hybridized carbons (Fsp3) is 0.367. The van der Waals surface area contributed by atoms with Gasteiger partial charge < -0.3 is 79.3 Å². The lowest BCUT2D eigenvalue weighted by molar-refractivity contribution is -0.136. The van der Waals surface area contributed by atoms with Crippen molar-refractivity contribution < 1.29 is 53.7 Å². The summed E-state index contributed by atoms with van der Waals surface area (Å²) in [6.45, 7) is 0.498. The van der Waals surface area contributed by atoms with E-state index in [2.05, 4.69) is 62.5 Å². The van der Waals surface area contributed by atoms with Crippen LogP contribution < -0.4 is 54.0 Å². The number of carbonyl (C=O) groups is 8. The van der Waals surface area contributed by atoms with Crippen molar-refractivity contribution in [3.8, 4) is 17.2 Å². The number of H-pyrrole nitrogens is 2. The minimum absolute atomic E-state index is 0.0107. The molecule has 2 aromatic heterocycles. The summed E-state index contributed by atoms with van der Waals surface area (Å²) in [6.07, 6.45) is 6.15. The Morgan fingerprint density at radius 3 is 0.859 bits per heavy atom. The van der Waals surface area contributed by atoms with E-state index in [9.17, 15) is 44.1 Å². The van der Waals surface area contributed by atoms with Crippen LogP contribution in [0.2, 0.25) is 0 Å². The van der Waals surface area contributed by atoms with Crippen molar-refractivity contribution in [1.29, 1.82) is 0 Å². The Balaban J connectivity index is 1.34. The zero-order valence-electron chi connectivity index (χ0n) is 46.8. The zero-order chi connectivity index (χ0) is 60.7. The summed E-state index contributed by atoms with van der Waals surface area (Å²) in [5.74, 6) is -6.94. The van der Waals surface area contributed by atoms with E-state index in [0.717, 1.165) is 0 Å². The van der Waals surface area contributed by atoms with E-state index < -0.39 is 95.6 Å². The van der Waals surface area contributed by atoms with Gasteiger partial charge in [0.2, 0.25) is 47.3 Å². The summed E-state index contributed by atoms with van der Waals surface area (Å²) in [7, 11) is 0. The molecule has 1 saturated heterocycles. The molecule has 0 aliphatic carbocycles. The topological polar surface area (TPSA) is 403 Å². The van der Waals surface area contributed by atoms with Gasteiger partial charge in [-0.2, -0.15) is 0 Å². The van der Waals surface area contributed by atoms with Gasteiger partial charge in [-0.15, -0.1) is 0 Å². The maximum Gasteiger partial charge on any atom is 0.243 e. The van der Waals surface area contributed by atoms with Crippen LogP contribution in [0.4, 0.5) is 0 Å². The van der Waals surface area contributed by atoms with Gasteiger partial charge >= 0.3 is 0 Å². The quantitative estimate of drug-likeness (QED) is 0.0453. The van der Waals surface area contributed by atoms with Gasteiger partial charge in [0.05, 0.1) is 12.7 Å². The molecule has 1 fully saturated rings. The average Bonchev–Trinajstić information content (AvgIpc) is 4.39. The number of imidazole rings is 2. The predicted octanol–water partition coefficient (Wildman–Crippen LogP) is 0.156. The fourth-order valence-electron chi connectivity index (χ4n) is 9.64. The third-order valence-electron chi connectivity index (χ3n) is 14.3. The van der Waals surface area contributed by atoms with Crippen molar-refractivity contribution in [2.45, 2.75) is 125 Å². The zero-order valence-corrected chi connectivity index (χ0v) is 46.8. The van der Waals surface area contributed by atoms with Crippen molar-refractivity contribution in [1.82, 2.24) is 62.5 Å². The molecule has 85 heavy (non-hydrogen) atoms. The molecule has 450 valence electrons. The Bertz CT molecular complexity index is 3130. The number of aromatic nitrogens is 4. The lowest BCUT2D eigenvalue weighted by Crippen LogP contribution is -2.62. The number of carbonyl (C=O) groups excluding carboxylic acids is 8. The number of benzene rings is 4. The van der Waals surface area contributed by atoms with Crippen LogP contribution in [0.3, 0.4) is 0 Å². The number of amides is 8. The Kier molecular flexibility index (Phi) is 23.5. The Hall–Kier alpha value is -9.62. The monoisotopic (exact) mass is 1170 g/mol. The molecule has 0 unspecified atom stereocenters. The lowest BCUT2D eigenvalue weighted by Gasteiger charge is -2.29. The van der Waals surface area contributed by atoms with Gasteiger partial charge in [0.1, 0.15) is 65.6 Å². The van der Waals surface area contributed by atoms with Crippen molar-refractivity contribution >= 4 is 47.3 Å². The molecular weight excluding hydrogens is 1090 g/mol. The second-order valence-electron chi connectivity index (χ2n) is 20.9. The SMILES string of the molecule is NCCCC[C@@H]1NC(=O)[C@H](Cc2cnc[nH]2)NC(=O)[C@H](CCCCN)NC(=O)[C@H](Cc2cnc[nH]2)NC(=O)[C@H](Cc2ccccc2)NC(=O)[C@H](Cc2ccc(O)cc2)NC(=O)[C@H](Cc2ccc(O)cc2)NC(=O)[C@H](Cc2ccc(O)cc2)NC1=O. The van der Waals surface area contributed by atoms with Gasteiger partial charge in [0.15, 0.2) is 0 Å². The maximum absolute atomic E-state index is 15.0. The van der Waals surface area contributed by atoms with E-state index in [-0.39, 0.29) is 81.7 Å². The summed E-state index contributed by atoms with van der Waals surface area (Å²) in [5.41, 5.74) is 14.6. The molecule has 3 heterocycles. The first-order valence-electron chi connectivity index (χ1n) is 28.2. The first kappa shape index (κ1) is 63.0. The fourth-order valence-corrected chi connectivity index (χ4v) is 9.64. The molecule has 1 aliphatic heterocycles. The second kappa shape index (κ2) is 31.7. The molecular formula is C60H74N14O11. The largest absolute Gasteiger partial charge is 0.508 e. The van der Waals surface area contributed by atoms with Gasteiger partial charge in [-0.25, -0.2) is 9.97 Å². The minimum Gasteiger partial charge on any atom is -0.508 e. The number of nitrogens with two attached hydrogens (primary N) is 2. The van der Waals surface area contributed by atoms with Crippen molar-refractivity contribution in [2.75, 3.05) is 13.1 Å². The summed E-state index contributed by atoms with van der Waals surface area (Å²) in [5, 5.41) is 52.9. The number of rotatable bonds is 20. The third-order valence-corrected chi connectivity index (χ3v) is 14.3. The van der Waals surface area contributed by atoms with Crippen molar-refractivity contribution in [3.63, 3.8) is 0 Å². The number of phenols is 3. The highest BCUT2D eigenvalue weighted by Gasteiger charge is 2.37. The summed E-state index contributed by atoms with van der Waals surface area (Å²) < 4.78 is 0. The van der Waals surface area contributed by atoms with E-state index >= 15 is 9.59 Å². The smallest absolute Gasteiger partial charge is 0.243 e. The maximum atomic E-state index is 15.0. The second-order valence-corrected chi connectivity index (χ2v) is 20.9. The summed E-state index contributed by atoms with van der Waals surface area (Å²) >= 11 is 0. The Labute approximate surface area is 490 Å². The highest BCUT2D eigenvalue weighted by atomic mass is 16.3. The first-order valence-corrected chi connectivity index (χ1v) is 28.2. The third kappa shape index (κ3) is 19.8. The Morgan fingerprint density at radius 1 is 0.329 bits per heavy atom. The number of nitrogens with zero attached hydrogens (tertiary/aromatic N) is 2. The van der Waals surface area contributed by atoms with Crippen LogP contribution in [0.1, 0.15) is 72.2 Å². The molecule has 8 atom stereocenters. The number of aromatic amines is 2. The molecule has 8 amide bonds. The molecule has 17 N–H and O–H groups in total. The molecule has 25 nitrogen and oxygen atoms in total. The summed E-state index contributed by atoms with van der Waals surface area (Å²) in [6, 6.07) is 14.8. The van der Waals surface area contributed by atoms with Crippen LogP contribution in [0.15, 0.2) is 128 Å². The van der Waals surface area contributed by atoms with Crippen LogP contribution in [-0.2, 0) is 76.9 Å². The molecule has 0 saturated carbocycles. The number of phenolic OH excluding ortho intramolecular Hbond substituents is 3. The van der Waals surface area contributed by atoms with Gasteiger partial charge in [-0.05, 0) is 110 Å². The van der Waals surface area contributed by atoms with Crippen LogP contribution in [0.5, 0.6) is 17.2 Å². The highest BCUT2D eigenvalue weighted by Crippen LogP contribution is 2.18. The molecule has 1 aliphatic rings. The van der Waals surface area contributed by atoms with Crippen molar-refractivity contribution in [3.05, 3.63) is 162 Å². The number of nitrogens with one attached hydrogen (secondary N) is 10. The normalized spacial score (nSPS) is 21.6. The first-order chi connectivity index (χ1) is 41.0. The van der Waals surface area contributed by atoms with Crippen molar-refractivity contribution in [2.24, 2.45) is 11.5 Å². The molecule has 0 spiro atoms. The van der Waals surface area contributed by atoms with Crippen LogP contribution in [0.25, 0.3) is 0 Å². The highest BCUT2D eigenvalue weighted by molar-refractivity contribution is 5.99. The molecule has 0 radical (unpaired) electrons. The van der Waals surface area contributed by atoms with Crippen LogP contribution >= 0.6 is 0 Å². The lowest BCUT2D eigenvalue weighted by atomic mass is 9.99. The average molecular weight is 1170 g/mol. The van der Waals surface area contributed by atoms with Gasteiger partial charge in [-0.3, -0.25) is 38.4 Å².